The molecule has 0 radical (unpaired) electrons. The molecule has 5 aromatic rings. The van der Waals surface area contributed by atoms with E-state index in [1.54, 1.807) is 17.3 Å². The van der Waals surface area contributed by atoms with Gasteiger partial charge in [0.25, 0.3) is 5.91 Å². The SMILES string of the molecule is N=C(N)c1ccc(CCc2nc3cc(C(=O)N(CCN)c4cccnc4)ccc3n2CCc2ccccc2)cc1. The van der Waals surface area contributed by atoms with E-state index in [1.165, 1.54) is 5.56 Å². The van der Waals surface area contributed by atoms with Crippen LogP contribution in [0.2, 0.25) is 0 Å². The first-order valence-electron chi connectivity index (χ1n) is 13.4. The fourth-order valence-electron chi connectivity index (χ4n) is 4.89. The molecule has 0 bridgehead atoms. The van der Waals surface area contributed by atoms with Crippen molar-refractivity contribution in [3.05, 3.63) is 125 Å². The number of nitrogens with zero attached hydrogens (tertiary/aromatic N) is 4. The zero-order valence-electron chi connectivity index (χ0n) is 22.3. The fourth-order valence-corrected chi connectivity index (χ4v) is 4.89. The van der Waals surface area contributed by atoms with E-state index in [4.69, 9.17) is 21.9 Å². The summed E-state index contributed by atoms with van der Waals surface area (Å²) < 4.78 is 2.26. The second-order valence-corrected chi connectivity index (χ2v) is 9.69. The normalized spacial score (nSPS) is 11.0. The summed E-state index contributed by atoms with van der Waals surface area (Å²) in [5.41, 5.74) is 17.6. The Hall–Kier alpha value is -4.82. The number of nitrogen functional groups attached to an aromatic ring is 1. The maximum atomic E-state index is 13.6. The largest absolute Gasteiger partial charge is 0.384 e. The molecule has 0 fully saturated rings. The fraction of sp³-hybridized carbons (Fsp3) is 0.188. The number of carbonyl (C=O) groups is 1. The Labute approximate surface area is 233 Å². The molecule has 40 heavy (non-hydrogen) atoms. The van der Waals surface area contributed by atoms with Gasteiger partial charge in [0.05, 0.1) is 22.9 Å². The number of fused-ring (bicyclic) bond motifs is 1. The van der Waals surface area contributed by atoms with E-state index < -0.39 is 0 Å². The van der Waals surface area contributed by atoms with Crippen LogP contribution in [0.5, 0.6) is 0 Å². The van der Waals surface area contributed by atoms with Gasteiger partial charge in [-0.2, -0.15) is 0 Å². The highest BCUT2D eigenvalue weighted by Gasteiger charge is 2.20. The summed E-state index contributed by atoms with van der Waals surface area (Å²) >= 11 is 0. The average Bonchev–Trinajstić information content (AvgIpc) is 3.35. The molecule has 0 saturated carbocycles. The second-order valence-electron chi connectivity index (χ2n) is 9.69. The summed E-state index contributed by atoms with van der Waals surface area (Å²) in [7, 11) is 0. The van der Waals surface area contributed by atoms with Gasteiger partial charge >= 0.3 is 0 Å². The number of aryl methyl sites for hydroxylation is 4. The average molecular weight is 532 g/mol. The summed E-state index contributed by atoms with van der Waals surface area (Å²) in [6.07, 6.45) is 5.76. The first-order valence-corrected chi connectivity index (χ1v) is 13.4. The molecule has 0 aliphatic rings. The first kappa shape index (κ1) is 26.8. The molecule has 2 aromatic heterocycles. The predicted octanol–water partition coefficient (Wildman–Crippen LogP) is 4.35. The lowest BCUT2D eigenvalue weighted by Gasteiger charge is -2.21. The van der Waals surface area contributed by atoms with Gasteiger partial charge in [-0.1, -0.05) is 54.6 Å². The number of nitrogens with two attached hydrogens (primary N) is 2. The number of amidine groups is 1. The minimum atomic E-state index is -0.133. The summed E-state index contributed by atoms with van der Waals surface area (Å²) in [5, 5.41) is 7.62. The molecule has 5 N–H and O–H groups in total. The van der Waals surface area contributed by atoms with Gasteiger partial charge in [0.15, 0.2) is 0 Å². The summed E-state index contributed by atoms with van der Waals surface area (Å²) in [4.78, 5) is 24.4. The van der Waals surface area contributed by atoms with Crippen LogP contribution in [0.4, 0.5) is 5.69 Å². The van der Waals surface area contributed by atoms with Crippen molar-refractivity contribution in [2.24, 2.45) is 11.5 Å². The van der Waals surface area contributed by atoms with Crippen molar-refractivity contribution >= 4 is 28.5 Å². The van der Waals surface area contributed by atoms with Crippen molar-refractivity contribution in [2.75, 3.05) is 18.0 Å². The molecular weight excluding hydrogens is 498 g/mol. The zero-order chi connectivity index (χ0) is 27.9. The van der Waals surface area contributed by atoms with Crippen LogP contribution in [0.3, 0.4) is 0 Å². The Balaban J connectivity index is 1.45. The minimum absolute atomic E-state index is 0.0631. The maximum Gasteiger partial charge on any atom is 0.258 e. The third-order valence-electron chi connectivity index (χ3n) is 7.00. The molecule has 0 saturated heterocycles. The Bertz CT molecular complexity index is 1600. The van der Waals surface area contributed by atoms with Crippen LogP contribution in [0.25, 0.3) is 11.0 Å². The van der Waals surface area contributed by atoms with Crippen LogP contribution in [0, 0.1) is 5.41 Å². The van der Waals surface area contributed by atoms with Gasteiger partial charge in [0.2, 0.25) is 0 Å². The highest BCUT2D eigenvalue weighted by molar-refractivity contribution is 6.07. The monoisotopic (exact) mass is 531 g/mol. The van der Waals surface area contributed by atoms with Crippen LogP contribution in [0.1, 0.15) is 32.9 Å². The van der Waals surface area contributed by atoms with E-state index in [0.717, 1.165) is 48.2 Å². The molecule has 0 spiro atoms. The first-order chi connectivity index (χ1) is 19.5. The van der Waals surface area contributed by atoms with Crippen molar-refractivity contribution in [3.63, 3.8) is 0 Å². The lowest BCUT2D eigenvalue weighted by molar-refractivity contribution is 0.0987. The summed E-state index contributed by atoms with van der Waals surface area (Å²) in [6, 6.07) is 27.6. The standard InChI is InChI=1S/C32H33N7O/c33-17-20-38(27-7-4-18-36-22-27)32(40)26-13-14-29-28(21-26)37-30(39(29)19-16-23-5-2-1-3-6-23)15-10-24-8-11-25(12-9-24)31(34)35/h1-9,11-14,18,21-22H,10,15-17,19-20,33H2,(H3,34,35). The van der Waals surface area contributed by atoms with Crippen LogP contribution in [-0.2, 0) is 25.8 Å². The number of hydrogen-bond donors (Lipinski definition) is 3. The van der Waals surface area contributed by atoms with Gasteiger partial charge in [0, 0.05) is 43.4 Å². The van der Waals surface area contributed by atoms with Gasteiger partial charge in [-0.3, -0.25) is 15.2 Å². The number of benzene rings is 3. The number of amides is 1. The van der Waals surface area contributed by atoms with Crippen molar-refractivity contribution in [2.45, 2.75) is 25.8 Å². The highest BCUT2D eigenvalue weighted by atomic mass is 16.2. The quantitative estimate of drug-likeness (QED) is 0.173. The maximum absolute atomic E-state index is 13.6. The second kappa shape index (κ2) is 12.4. The Kier molecular flexibility index (Phi) is 8.27. The molecule has 202 valence electrons. The number of aromatic nitrogens is 3. The minimum Gasteiger partial charge on any atom is -0.384 e. The van der Waals surface area contributed by atoms with E-state index in [2.05, 4.69) is 33.8 Å². The molecule has 5 rings (SSSR count). The van der Waals surface area contributed by atoms with E-state index in [0.29, 0.717) is 29.9 Å². The molecular formula is C32H33N7O. The number of pyridine rings is 1. The molecule has 0 unspecified atom stereocenters. The molecule has 1 amide bonds. The van der Waals surface area contributed by atoms with E-state index in [1.807, 2.05) is 60.7 Å². The van der Waals surface area contributed by atoms with Crippen molar-refractivity contribution in [1.29, 1.82) is 5.41 Å². The predicted molar refractivity (Wildman–Crippen MR) is 160 cm³/mol. The van der Waals surface area contributed by atoms with Crippen LogP contribution in [-0.4, -0.2) is 39.4 Å². The molecule has 2 heterocycles. The van der Waals surface area contributed by atoms with Crippen LogP contribution < -0.4 is 16.4 Å². The Morgan fingerprint density at radius 1 is 0.875 bits per heavy atom. The third kappa shape index (κ3) is 6.08. The van der Waals surface area contributed by atoms with Crippen molar-refractivity contribution < 1.29 is 4.79 Å². The van der Waals surface area contributed by atoms with Gasteiger partial charge in [-0.25, -0.2) is 4.98 Å². The number of hydrogen-bond acceptors (Lipinski definition) is 5. The summed E-state index contributed by atoms with van der Waals surface area (Å²) in [5.74, 6) is 0.900. The number of carbonyl (C=O) groups excluding carboxylic acids is 1. The lowest BCUT2D eigenvalue weighted by Crippen LogP contribution is -2.35. The topological polar surface area (TPSA) is 127 Å². The van der Waals surface area contributed by atoms with Crippen molar-refractivity contribution in [3.8, 4) is 0 Å². The van der Waals surface area contributed by atoms with Gasteiger partial charge in [-0.15, -0.1) is 0 Å². The molecule has 0 atom stereocenters. The highest BCUT2D eigenvalue weighted by Crippen LogP contribution is 2.23. The number of anilines is 1. The lowest BCUT2D eigenvalue weighted by atomic mass is 10.1. The third-order valence-corrected chi connectivity index (χ3v) is 7.00. The molecule has 0 aliphatic heterocycles. The summed E-state index contributed by atoms with van der Waals surface area (Å²) in [6.45, 7) is 1.51. The smallest absolute Gasteiger partial charge is 0.258 e. The number of nitrogens with one attached hydrogen (secondary N) is 1. The van der Waals surface area contributed by atoms with Crippen LogP contribution in [0.15, 0.2) is 97.3 Å². The Morgan fingerprint density at radius 2 is 1.62 bits per heavy atom. The number of rotatable bonds is 11. The zero-order valence-corrected chi connectivity index (χ0v) is 22.3. The van der Waals surface area contributed by atoms with Gasteiger partial charge in [0.1, 0.15) is 11.7 Å². The van der Waals surface area contributed by atoms with Gasteiger partial charge in [-0.05, 0) is 54.3 Å². The number of imidazole rings is 1. The van der Waals surface area contributed by atoms with Crippen molar-refractivity contribution in [1.82, 2.24) is 14.5 Å². The van der Waals surface area contributed by atoms with E-state index >= 15 is 0 Å². The Morgan fingerprint density at radius 3 is 2.33 bits per heavy atom. The van der Waals surface area contributed by atoms with Gasteiger partial charge < -0.3 is 20.9 Å². The van der Waals surface area contributed by atoms with E-state index in [-0.39, 0.29) is 11.7 Å². The molecule has 8 nitrogen and oxygen atoms in total. The molecule has 0 aliphatic carbocycles. The van der Waals surface area contributed by atoms with E-state index in [9.17, 15) is 4.79 Å². The molecule has 3 aromatic carbocycles. The molecule has 8 heteroatoms. The van der Waals surface area contributed by atoms with Crippen LogP contribution >= 0.6 is 0 Å².